The molecule has 0 amide bonds. The van der Waals surface area contributed by atoms with Crippen LogP contribution in [0.1, 0.15) is 16.7 Å². The van der Waals surface area contributed by atoms with E-state index in [-0.39, 0.29) is 25.1 Å². The zero-order chi connectivity index (χ0) is 27.3. The molecule has 38 heavy (non-hydrogen) atoms. The van der Waals surface area contributed by atoms with Crippen LogP contribution < -0.4 is 14.8 Å². The Labute approximate surface area is 227 Å². The van der Waals surface area contributed by atoms with E-state index in [0.29, 0.717) is 17.9 Å². The Morgan fingerprint density at radius 2 is 1.50 bits per heavy atom. The molecule has 1 aliphatic rings. The second-order valence-corrected chi connectivity index (χ2v) is 18.3. The highest BCUT2D eigenvalue weighted by Gasteiger charge is 2.39. The van der Waals surface area contributed by atoms with Crippen molar-refractivity contribution in [2.75, 3.05) is 10.8 Å². The monoisotopic (exact) mass is 551 g/mol. The van der Waals surface area contributed by atoms with E-state index in [1.165, 1.54) is 11.8 Å². The Morgan fingerprint density at radius 1 is 0.895 bits per heavy atom. The predicted molar refractivity (Wildman–Crippen MR) is 156 cm³/mol. The van der Waals surface area contributed by atoms with Crippen molar-refractivity contribution in [3.8, 4) is 5.75 Å². The third-order valence-corrected chi connectivity index (χ3v) is 9.87. The first-order chi connectivity index (χ1) is 18.0. The molecule has 1 aliphatic heterocycles. The summed E-state index contributed by atoms with van der Waals surface area (Å²) in [6, 6.07) is 25.9. The minimum Gasteiger partial charge on any atom is -0.493 e. The van der Waals surface area contributed by atoms with Gasteiger partial charge >= 0.3 is 10.2 Å². The molecule has 0 spiro atoms. The standard InChI is InChI=1S/C29H37N3O4SSi/c1-38(2,3)17-16-31-29(33)21-32(37(31,34)35)27-15-14-25(19-26(30)18-23-10-6-4-7-11-23)20-28(27)36-22-24-12-8-5-9-13-24/h4-15,20-21,26,33H,16-19,22,30H2,1-3H3. The molecular weight excluding hydrogens is 514 g/mol. The Bertz CT molecular complexity index is 1360. The topological polar surface area (TPSA) is 96.1 Å². The number of nitrogens with zero attached hydrogens (tertiary/aromatic N) is 2. The van der Waals surface area contributed by atoms with Crippen molar-refractivity contribution >= 4 is 24.0 Å². The maximum Gasteiger partial charge on any atom is 0.332 e. The molecule has 202 valence electrons. The van der Waals surface area contributed by atoms with Crippen LogP contribution in [-0.4, -0.2) is 38.5 Å². The number of hydrogen-bond acceptors (Lipinski definition) is 5. The van der Waals surface area contributed by atoms with Crippen molar-refractivity contribution in [2.45, 2.75) is 51.2 Å². The van der Waals surface area contributed by atoms with E-state index in [9.17, 15) is 13.5 Å². The van der Waals surface area contributed by atoms with Gasteiger partial charge in [-0.1, -0.05) is 86.4 Å². The fourth-order valence-electron chi connectivity index (χ4n) is 4.33. The number of anilines is 1. The number of benzene rings is 3. The average Bonchev–Trinajstić information content (AvgIpc) is 3.09. The molecule has 1 unspecified atom stereocenters. The van der Waals surface area contributed by atoms with E-state index < -0.39 is 18.3 Å². The second-order valence-electron chi connectivity index (χ2n) is 10.9. The summed E-state index contributed by atoms with van der Waals surface area (Å²) in [5, 5.41) is 10.6. The summed E-state index contributed by atoms with van der Waals surface area (Å²) in [5.41, 5.74) is 9.89. The van der Waals surface area contributed by atoms with Crippen molar-refractivity contribution in [1.29, 1.82) is 0 Å². The molecule has 1 heterocycles. The van der Waals surface area contributed by atoms with Gasteiger partial charge in [0.05, 0.1) is 6.20 Å². The fraction of sp³-hybridized carbons (Fsp3) is 0.310. The van der Waals surface area contributed by atoms with Crippen molar-refractivity contribution in [2.24, 2.45) is 5.73 Å². The third-order valence-electron chi connectivity index (χ3n) is 6.42. The van der Waals surface area contributed by atoms with Gasteiger partial charge in [0, 0.05) is 20.7 Å². The number of hydrogen-bond donors (Lipinski definition) is 2. The lowest BCUT2D eigenvalue weighted by atomic mass is 9.99. The van der Waals surface area contributed by atoms with Gasteiger partial charge in [-0.2, -0.15) is 8.42 Å². The lowest BCUT2D eigenvalue weighted by molar-refractivity contribution is 0.294. The zero-order valence-electron chi connectivity index (χ0n) is 22.2. The first kappa shape index (κ1) is 27.8. The lowest BCUT2D eigenvalue weighted by Crippen LogP contribution is -2.37. The van der Waals surface area contributed by atoms with Gasteiger partial charge in [-0.25, -0.2) is 8.61 Å². The van der Waals surface area contributed by atoms with Crippen LogP contribution in [0, 0.1) is 0 Å². The average molecular weight is 552 g/mol. The van der Waals surface area contributed by atoms with E-state index in [2.05, 4.69) is 31.8 Å². The minimum atomic E-state index is -3.99. The van der Waals surface area contributed by atoms with Gasteiger partial charge in [-0.15, -0.1) is 0 Å². The van der Waals surface area contributed by atoms with Gasteiger partial charge in [0.15, 0.2) is 0 Å². The number of nitrogens with two attached hydrogens (primary N) is 1. The largest absolute Gasteiger partial charge is 0.493 e. The van der Waals surface area contributed by atoms with E-state index >= 15 is 0 Å². The number of ether oxygens (including phenoxy) is 1. The third kappa shape index (κ3) is 6.97. The normalized spacial score (nSPS) is 15.8. The van der Waals surface area contributed by atoms with Crippen LogP contribution in [0.25, 0.3) is 0 Å². The van der Waals surface area contributed by atoms with Crippen LogP contribution in [0.15, 0.2) is 90.9 Å². The molecule has 0 radical (unpaired) electrons. The highest BCUT2D eigenvalue weighted by Crippen LogP contribution is 2.37. The summed E-state index contributed by atoms with van der Waals surface area (Å²) < 4.78 is 35.4. The molecule has 3 aromatic carbocycles. The van der Waals surface area contributed by atoms with Crippen LogP contribution in [0.5, 0.6) is 5.75 Å². The highest BCUT2D eigenvalue weighted by atomic mass is 32.2. The molecule has 1 atom stereocenters. The predicted octanol–water partition coefficient (Wildman–Crippen LogP) is 5.44. The first-order valence-electron chi connectivity index (χ1n) is 12.8. The van der Waals surface area contributed by atoms with Gasteiger partial charge in [-0.3, -0.25) is 0 Å². The summed E-state index contributed by atoms with van der Waals surface area (Å²) in [5.74, 6) is 0.129. The van der Waals surface area contributed by atoms with Crippen molar-refractivity contribution in [3.63, 3.8) is 0 Å². The summed E-state index contributed by atoms with van der Waals surface area (Å²) >= 11 is 0. The minimum absolute atomic E-state index is 0.110. The Balaban J connectivity index is 1.60. The Hall–Kier alpha value is -3.27. The summed E-state index contributed by atoms with van der Waals surface area (Å²) in [6.07, 6.45) is 2.59. The maximum absolute atomic E-state index is 13.5. The molecule has 4 rings (SSSR count). The number of aliphatic hydroxyl groups is 1. The zero-order valence-corrected chi connectivity index (χ0v) is 24.1. The molecule has 0 bridgehead atoms. The molecular formula is C29H37N3O4SSi. The van der Waals surface area contributed by atoms with Crippen molar-refractivity contribution < 1.29 is 18.3 Å². The van der Waals surface area contributed by atoms with Gasteiger partial charge < -0.3 is 15.6 Å². The summed E-state index contributed by atoms with van der Waals surface area (Å²) in [6.45, 7) is 7.03. The highest BCUT2D eigenvalue weighted by molar-refractivity contribution is 7.91. The van der Waals surface area contributed by atoms with Crippen molar-refractivity contribution in [3.05, 3.63) is 108 Å². The van der Waals surface area contributed by atoms with E-state index in [0.717, 1.165) is 32.2 Å². The molecule has 3 aromatic rings. The molecule has 7 nitrogen and oxygen atoms in total. The summed E-state index contributed by atoms with van der Waals surface area (Å²) in [4.78, 5) is 0. The van der Waals surface area contributed by atoms with E-state index in [4.69, 9.17) is 10.5 Å². The molecule has 9 heteroatoms. The van der Waals surface area contributed by atoms with Crippen LogP contribution in [0.4, 0.5) is 5.69 Å². The smallest absolute Gasteiger partial charge is 0.332 e. The van der Waals surface area contributed by atoms with Crippen LogP contribution >= 0.6 is 0 Å². The Morgan fingerprint density at radius 3 is 2.13 bits per heavy atom. The summed E-state index contributed by atoms with van der Waals surface area (Å²) in [7, 11) is -5.52. The molecule has 0 saturated carbocycles. The molecule has 3 N–H and O–H groups in total. The first-order valence-corrected chi connectivity index (χ1v) is 18.0. The quantitative estimate of drug-likeness (QED) is 0.310. The van der Waals surface area contributed by atoms with Gasteiger partial charge in [-0.05, 0) is 47.7 Å². The van der Waals surface area contributed by atoms with Gasteiger partial charge in [0.25, 0.3) is 0 Å². The van der Waals surface area contributed by atoms with E-state index in [1.54, 1.807) is 6.07 Å². The van der Waals surface area contributed by atoms with Crippen LogP contribution in [-0.2, 0) is 29.7 Å². The van der Waals surface area contributed by atoms with Crippen molar-refractivity contribution in [1.82, 2.24) is 4.31 Å². The van der Waals surface area contributed by atoms with Gasteiger partial charge in [0.1, 0.15) is 18.0 Å². The fourth-order valence-corrected chi connectivity index (χ4v) is 6.83. The molecule has 0 aromatic heterocycles. The van der Waals surface area contributed by atoms with Gasteiger partial charge in [0.2, 0.25) is 5.88 Å². The second kappa shape index (κ2) is 11.6. The lowest BCUT2D eigenvalue weighted by Gasteiger charge is -2.25. The Kier molecular flexibility index (Phi) is 8.50. The maximum atomic E-state index is 13.5. The molecule has 0 aliphatic carbocycles. The number of rotatable bonds is 11. The SMILES string of the molecule is C[Si](C)(C)CCN1C(O)=CN(c2ccc(CC(N)Cc3ccccc3)cc2OCc2ccccc2)S1(=O)=O. The van der Waals surface area contributed by atoms with Crippen LogP contribution in [0.2, 0.25) is 25.7 Å². The number of aliphatic hydroxyl groups excluding tert-OH is 1. The molecule has 0 fully saturated rings. The van der Waals surface area contributed by atoms with Crippen LogP contribution in [0.3, 0.4) is 0 Å². The van der Waals surface area contributed by atoms with E-state index in [1.807, 2.05) is 60.7 Å². The molecule has 0 saturated heterocycles.